The van der Waals surface area contributed by atoms with Gasteiger partial charge < -0.3 is 0 Å². The lowest BCUT2D eigenvalue weighted by molar-refractivity contribution is -0.137. The molecule has 78 valence electrons. The van der Waals surface area contributed by atoms with E-state index in [4.69, 9.17) is 11.6 Å². The number of benzene rings is 1. The van der Waals surface area contributed by atoms with Gasteiger partial charge in [0.15, 0.2) is 0 Å². The molecule has 0 fully saturated rings. The van der Waals surface area contributed by atoms with Crippen LogP contribution in [-0.2, 0) is 6.18 Å². The zero-order valence-corrected chi connectivity index (χ0v) is 9.54. The van der Waals surface area contributed by atoms with E-state index in [1.807, 2.05) is 0 Å². The summed E-state index contributed by atoms with van der Waals surface area (Å²) in [4.78, 5) is -0.124. The molecule has 0 radical (unpaired) electrons. The molecule has 5 heteroatoms. The summed E-state index contributed by atoms with van der Waals surface area (Å²) in [6.45, 7) is 1.75. The number of hydrogen-bond donors (Lipinski definition) is 0. The van der Waals surface area contributed by atoms with Gasteiger partial charge in [0, 0.05) is 4.83 Å². The first-order chi connectivity index (χ1) is 6.32. The van der Waals surface area contributed by atoms with Crippen molar-refractivity contribution in [2.24, 2.45) is 0 Å². The number of halogens is 5. The lowest BCUT2D eigenvalue weighted by Gasteiger charge is -2.11. The van der Waals surface area contributed by atoms with Crippen molar-refractivity contribution < 1.29 is 13.2 Å². The van der Waals surface area contributed by atoms with Gasteiger partial charge in [0.05, 0.1) is 10.6 Å². The normalized spacial score (nSPS) is 14.1. The Bertz CT molecular complexity index is 333. The highest BCUT2D eigenvalue weighted by Gasteiger charge is 2.33. The zero-order valence-electron chi connectivity index (χ0n) is 7.20. The van der Waals surface area contributed by atoms with Crippen molar-refractivity contribution in [3.05, 3.63) is 34.3 Å². The molecular formula is C9H7BrClF3. The monoisotopic (exact) mass is 286 g/mol. The smallest absolute Gasteiger partial charge is 0.166 e. The predicted octanol–water partition coefficient (Wildman–Crippen LogP) is 4.81. The van der Waals surface area contributed by atoms with Crippen molar-refractivity contribution >= 4 is 27.5 Å². The predicted molar refractivity (Wildman–Crippen MR) is 53.8 cm³/mol. The van der Waals surface area contributed by atoms with Crippen LogP contribution in [0.2, 0.25) is 5.02 Å². The molecule has 0 amide bonds. The summed E-state index contributed by atoms with van der Waals surface area (Å²) in [6.07, 6.45) is -4.39. The van der Waals surface area contributed by atoms with Crippen molar-refractivity contribution in [1.82, 2.24) is 0 Å². The van der Waals surface area contributed by atoms with Crippen molar-refractivity contribution in [3.8, 4) is 0 Å². The lowest BCUT2D eigenvalue weighted by atomic mass is 10.1. The van der Waals surface area contributed by atoms with E-state index in [9.17, 15) is 13.2 Å². The fourth-order valence-electron chi connectivity index (χ4n) is 1.01. The maximum Gasteiger partial charge on any atom is 0.417 e. The lowest BCUT2D eigenvalue weighted by Crippen LogP contribution is -2.06. The maximum atomic E-state index is 12.4. The summed E-state index contributed by atoms with van der Waals surface area (Å²) in [5.41, 5.74) is -0.232. The Morgan fingerprint density at radius 1 is 1.36 bits per heavy atom. The van der Waals surface area contributed by atoms with E-state index < -0.39 is 11.7 Å². The molecule has 0 aliphatic heterocycles. The molecule has 0 aliphatic carbocycles. The van der Waals surface area contributed by atoms with Crippen LogP contribution >= 0.6 is 27.5 Å². The van der Waals surface area contributed by atoms with Gasteiger partial charge in [-0.25, -0.2) is 0 Å². The average molecular weight is 288 g/mol. The Labute approximate surface area is 93.2 Å². The molecule has 1 atom stereocenters. The van der Waals surface area contributed by atoms with E-state index in [2.05, 4.69) is 15.9 Å². The molecule has 0 N–H and O–H groups in total. The third kappa shape index (κ3) is 2.64. The van der Waals surface area contributed by atoms with Crippen molar-refractivity contribution in [1.29, 1.82) is 0 Å². The summed E-state index contributed by atoms with van der Waals surface area (Å²) in [7, 11) is 0. The first kappa shape index (κ1) is 11.9. The maximum absolute atomic E-state index is 12.4. The van der Waals surface area contributed by atoms with Gasteiger partial charge >= 0.3 is 6.18 Å². The van der Waals surface area contributed by atoms with Crippen LogP contribution in [0.15, 0.2) is 18.2 Å². The highest BCUT2D eigenvalue weighted by Crippen LogP contribution is 2.37. The fraction of sp³-hybridized carbons (Fsp3) is 0.333. The summed E-state index contributed by atoms with van der Waals surface area (Å²) in [5.74, 6) is 0. The van der Waals surface area contributed by atoms with Gasteiger partial charge in [0.2, 0.25) is 0 Å². The fourth-order valence-corrected chi connectivity index (χ4v) is 1.52. The van der Waals surface area contributed by atoms with Gasteiger partial charge in [-0.3, -0.25) is 0 Å². The van der Waals surface area contributed by atoms with E-state index in [0.717, 1.165) is 6.07 Å². The first-order valence-corrected chi connectivity index (χ1v) is 5.12. The van der Waals surface area contributed by atoms with Gasteiger partial charge in [-0.2, -0.15) is 13.2 Å². The summed E-state index contributed by atoms with van der Waals surface area (Å²) >= 11 is 8.65. The standard InChI is InChI=1S/C9H7BrClF3/c1-5(10)6-2-3-8(11)7(4-6)9(12,13)14/h2-5H,1H3/t5-/m0/s1. The second-order valence-corrected chi connectivity index (χ2v) is 4.63. The van der Waals surface area contributed by atoms with E-state index in [1.165, 1.54) is 6.07 Å². The zero-order chi connectivity index (χ0) is 10.9. The van der Waals surface area contributed by atoms with E-state index in [1.54, 1.807) is 13.0 Å². The minimum atomic E-state index is -4.39. The van der Waals surface area contributed by atoms with Crippen LogP contribution in [0.1, 0.15) is 22.9 Å². The largest absolute Gasteiger partial charge is 0.417 e. The van der Waals surface area contributed by atoms with E-state index in [0.29, 0.717) is 5.56 Å². The quantitative estimate of drug-likeness (QED) is 0.650. The molecule has 1 rings (SSSR count). The summed E-state index contributed by atoms with van der Waals surface area (Å²) in [6, 6.07) is 3.89. The average Bonchev–Trinajstić information content (AvgIpc) is 2.02. The van der Waals surface area contributed by atoms with Crippen molar-refractivity contribution in [2.45, 2.75) is 17.9 Å². The third-order valence-electron chi connectivity index (χ3n) is 1.76. The number of alkyl halides is 4. The minimum absolute atomic E-state index is 0.124. The Hall–Kier alpha value is -0.220. The van der Waals surface area contributed by atoms with Gasteiger partial charge in [0.25, 0.3) is 0 Å². The summed E-state index contributed by atoms with van der Waals surface area (Å²) in [5, 5.41) is -0.269. The molecule has 0 saturated carbocycles. The molecule has 14 heavy (non-hydrogen) atoms. The molecule has 0 heterocycles. The van der Waals surface area contributed by atoms with Crippen LogP contribution < -0.4 is 0 Å². The molecule has 0 saturated heterocycles. The molecule has 0 aromatic heterocycles. The van der Waals surface area contributed by atoms with Crippen LogP contribution in [0.25, 0.3) is 0 Å². The third-order valence-corrected chi connectivity index (χ3v) is 2.61. The Morgan fingerprint density at radius 2 is 1.93 bits per heavy atom. The van der Waals surface area contributed by atoms with Gasteiger partial charge in [0.1, 0.15) is 0 Å². The Morgan fingerprint density at radius 3 is 2.36 bits per heavy atom. The molecule has 1 aromatic rings. The molecule has 0 aliphatic rings. The SMILES string of the molecule is C[C@H](Br)c1ccc(Cl)c(C(F)(F)F)c1. The van der Waals surface area contributed by atoms with Gasteiger partial charge in [-0.1, -0.05) is 33.6 Å². The van der Waals surface area contributed by atoms with Gasteiger partial charge in [-0.15, -0.1) is 0 Å². The Balaban J connectivity index is 3.22. The number of hydrogen-bond acceptors (Lipinski definition) is 0. The van der Waals surface area contributed by atoms with E-state index in [-0.39, 0.29) is 9.85 Å². The van der Waals surface area contributed by atoms with Crippen molar-refractivity contribution in [3.63, 3.8) is 0 Å². The van der Waals surface area contributed by atoms with Crippen molar-refractivity contribution in [2.75, 3.05) is 0 Å². The summed E-state index contributed by atoms with van der Waals surface area (Å²) < 4.78 is 37.2. The van der Waals surface area contributed by atoms with Crippen LogP contribution in [0.3, 0.4) is 0 Å². The second kappa shape index (κ2) is 4.11. The van der Waals surface area contributed by atoms with Crippen LogP contribution in [0, 0.1) is 0 Å². The highest BCUT2D eigenvalue weighted by atomic mass is 79.9. The van der Waals surface area contributed by atoms with Crippen LogP contribution in [-0.4, -0.2) is 0 Å². The topological polar surface area (TPSA) is 0 Å². The first-order valence-electron chi connectivity index (χ1n) is 3.83. The molecule has 0 nitrogen and oxygen atoms in total. The van der Waals surface area contributed by atoms with Crippen LogP contribution in [0.4, 0.5) is 13.2 Å². The minimum Gasteiger partial charge on any atom is -0.166 e. The molecular weight excluding hydrogens is 280 g/mol. The number of rotatable bonds is 1. The molecule has 0 spiro atoms. The second-order valence-electron chi connectivity index (χ2n) is 2.85. The molecule has 0 bridgehead atoms. The highest BCUT2D eigenvalue weighted by molar-refractivity contribution is 9.09. The van der Waals surface area contributed by atoms with Gasteiger partial charge in [-0.05, 0) is 24.6 Å². The molecule has 0 unspecified atom stereocenters. The van der Waals surface area contributed by atoms with E-state index >= 15 is 0 Å². The Kier molecular flexibility index (Phi) is 3.48. The molecule has 1 aromatic carbocycles. The van der Waals surface area contributed by atoms with Crippen LogP contribution in [0.5, 0.6) is 0 Å².